The van der Waals surface area contributed by atoms with E-state index in [0.717, 1.165) is 23.0 Å². The number of rotatable bonds is 8. The average Bonchev–Trinajstić information content (AvgIpc) is 3.13. The lowest BCUT2D eigenvalue weighted by Crippen LogP contribution is -2.18. The van der Waals surface area contributed by atoms with E-state index >= 15 is 0 Å². The molecule has 1 aromatic carbocycles. The molecule has 9 heteroatoms. The van der Waals surface area contributed by atoms with Gasteiger partial charge in [0.15, 0.2) is 5.76 Å². The Hall–Kier alpha value is -3.23. The third kappa shape index (κ3) is 6.21. The van der Waals surface area contributed by atoms with Crippen molar-refractivity contribution in [1.29, 1.82) is 0 Å². The molecule has 0 unspecified atom stereocenters. The molecule has 0 fully saturated rings. The van der Waals surface area contributed by atoms with E-state index in [2.05, 4.69) is 5.32 Å². The van der Waals surface area contributed by atoms with E-state index < -0.39 is 23.5 Å². The second-order valence-corrected chi connectivity index (χ2v) is 8.76. The van der Waals surface area contributed by atoms with Crippen LogP contribution in [0, 0.1) is 0 Å². The van der Waals surface area contributed by atoms with Crippen molar-refractivity contribution >= 4 is 39.8 Å². The molecule has 1 heterocycles. The van der Waals surface area contributed by atoms with Gasteiger partial charge in [0.05, 0.1) is 5.56 Å². The minimum atomic E-state index is -1.18. The normalized spacial score (nSPS) is 14.3. The molecule has 0 bridgehead atoms. The first-order valence-electron chi connectivity index (χ1n) is 10.4. The molecule has 34 heavy (non-hydrogen) atoms. The van der Waals surface area contributed by atoms with Crippen molar-refractivity contribution in [3.63, 3.8) is 0 Å². The molecule has 0 saturated carbocycles. The Balaban J connectivity index is 1.83. The van der Waals surface area contributed by atoms with Crippen LogP contribution in [0.1, 0.15) is 48.2 Å². The van der Waals surface area contributed by atoms with Crippen LogP contribution in [0.15, 0.2) is 76.6 Å². The number of hydrogen-bond acceptors (Lipinski definition) is 4. The zero-order chi connectivity index (χ0) is 24.8. The molecule has 1 aliphatic rings. The van der Waals surface area contributed by atoms with Gasteiger partial charge >= 0.3 is 5.97 Å². The smallest absolute Gasteiger partial charge is 0.339 e. The van der Waals surface area contributed by atoms with Gasteiger partial charge in [-0.25, -0.2) is 13.6 Å². The molecule has 178 valence electrons. The largest absolute Gasteiger partial charge is 0.478 e. The molecule has 0 atom stereocenters. The molecule has 0 spiro atoms. The highest BCUT2D eigenvalue weighted by Gasteiger charge is 2.23. The molecule has 0 radical (unpaired) electrons. The summed E-state index contributed by atoms with van der Waals surface area (Å²) >= 11 is 6.99. The van der Waals surface area contributed by atoms with Crippen LogP contribution in [0.3, 0.4) is 0 Å². The lowest BCUT2D eigenvalue weighted by molar-refractivity contribution is -0.115. The third-order valence-electron chi connectivity index (χ3n) is 4.94. The number of amides is 1. The SMILES string of the molecule is CC/C=C(\OC1=CCC(F)=CC(F)=C1C)C(=O)Nc1scc(Cc2ccc(Cl)cc2)c1C(=O)O. The zero-order valence-electron chi connectivity index (χ0n) is 18.5. The monoisotopic (exact) mass is 505 g/mol. The number of benzene rings is 1. The minimum absolute atomic E-state index is 0.0179. The lowest BCUT2D eigenvalue weighted by Gasteiger charge is -2.14. The van der Waals surface area contributed by atoms with Crippen molar-refractivity contribution in [1.82, 2.24) is 0 Å². The third-order valence-corrected chi connectivity index (χ3v) is 6.14. The van der Waals surface area contributed by atoms with Crippen molar-refractivity contribution in [2.45, 2.75) is 33.1 Å². The number of ether oxygens (including phenoxy) is 1. The maximum absolute atomic E-state index is 14.1. The van der Waals surface area contributed by atoms with Crippen LogP contribution in [0.5, 0.6) is 0 Å². The maximum atomic E-state index is 14.1. The predicted molar refractivity (Wildman–Crippen MR) is 129 cm³/mol. The number of carbonyl (C=O) groups excluding carboxylic acids is 1. The van der Waals surface area contributed by atoms with Gasteiger partial charge < -0.3 is 15.2 Å². The first kappa shape index (κ1) is 25.4. The highest BCUT2D eigenvalue weighted by Crippen LogP contribution is 2.32. The molecule has 5 nitrogen and oxygen atoms in total. The van der Waals surface area contributed by atoms with Crippen LogP contribution in [-0.4, -0.2) is 17.0 Å². The molecular formula is C25H22ClF2NO4S. The van der Waals surface area contributed by atoms with Crippen LogP contribution in [0.2, 0.25) is 5.02 Å². The standard InChI is InChI=1S/C25H22ClF2NO4S/c1-3-4-21(33-20-10-9-18(27)12-19(28)14(20)2)23(30)29-24-22(25(31)32)16(13-34-24)11-15-5-7-17(26)8-6-15/h4-8,10,12-13H,3,9,11H2,1-2H3,(H,29,30)(H,31,32)/b21-4-. The highest BCUT2D eigenvalue weighted by atomic mass is 35.5. The number of halogens is 3. The summed E-state index contributed by atoms with van der Waals surface area (Å²) in [6, 6.07) is 7.03. The summed E-state index contributed by atoms with van der Waals surface area (Å²) < 4.78 is 33.4. The quantitative estimate of drug-likeness (QED) is 0.291. The van der Waals surface area contributed by atoms with Crippen molar-refractivity contribution in [2.24, 2.45) is 0 Å². The van der Waals surface area contributed by atoms with Gasteiger partial charge in [-0.15, -0.1) is 11.3 Å². The van der Waals surface area contributed by atoms with Gasteiger partial charge in [0, 0.05) is 23.1 Å². The Labute approximate surface area is 204 Å². The minimum Gasteiger partial charge on any atom is -0.478 e. The Morgan fingerprint density at radius 1 is 1.26 bits per heavy atom. The molecule has 1 aromatic heterocycles. The molecule has 1 amide bonds. The number of carbonyl (C=O) groups is 2. The van der Waals surface area contributed by atoms with Crippen LogP contribution in [0.25, 0.3) is 0 Å². The van der Waals surface area contributed by atoms with E-state index in [-0.39, 0.29) is 34.1 Å². The number of hydrogen-bond donors (Lipinski definition) is 2. The van der Waals surface area contributed by atoms with E-state index in [0.29, 0.717) is 23.4 Å². The summed E-state index contributed by atoms with van der Waals surface area (Å²) in [5.41, 5.74) is 1.43. The first-order valence-corrected chi connectivity index (χ1v) is 11.7. The summed E-state index contributed by atoms with van der Waals surface area (Å²) in [6.07, 6.45) is 4.20. The summed E-state index contributed by atoms with van der Waals surface area (Å²) in [5, 5.41) is 14.8. The van der Waals surface area contributed by atoms with E-state index in [1.165, 1.54) is 19.1 Å². The highest BCUT2D eigenvalue weighted by molar-refractivity contribution is 7.15. The molecular weight excluding hydrogens is 484 g/mol. The molecule has 1 aliphatic carbocycles. The van der Waals surface area contributed by atoms with Crippen LogP contribution in [0.4, 0.5) is 13.8 Å². The van der Waals surface area contributed by atoms with Crippen LogP contribution < -0.4 is 5.32 Å². The number of carboxylic acid groups (broad SMARTS) is 1. The summed E-state index contributed by atoms with van der Waals surface area (Å²) in [4.78, 5) is 24.9. The first-order chi connectivity index (χ1) is 16.2. The summed E-state index contributed by atoms with van der Waals surface area (Å²) in [7, 11) is 0. The van der Waals surface area contributed by atoms with Gasteiger partial charge in [-0.3, -0.25) is 4.79 Å². The van der Waals surface area contributed by atoms with Crippen molar-refractivity contribution in [3.8, 4) is 0 Å². The topological polar surface area (TPSA) is 75.6 Å². The predicted octanol–water partition coefficient (Wildman–Crippen LogP) is 7.32. The number of allylic oxidation sites excluding steroid dienone is 6. The molecule has 0 saturated heterocycles. The Kier molecular flexibility index (Phi) is 8.41. The second kappa shape index (κ2) is 11.3. The molecule has 3 rings (SSSR count). The fourth-order valence-electron chi connectivity index (χ4n) is 3.21. The summed E-state index contributed by atoms with van der Waals surface area (Å²) in [5.74, 6) is -3.47. The van der Waals surface area contributed by atoms with Gasteiger partial charge in [-0.1, -0.05) is 30.7 Å². The second-order valence-electron chi connectivity index (χ2n) is 7.44. The van der Waals surface area contributed by atoms with E-state index in [9.17, 15) is 23.5 Å². The average molecular weight is 506 g/mol. The van der Waals surface area contributed by atoms with Gasteiger partial charge in [-0.05, 0) is 60.6 Å². The van der Waals surface area contributed by atoms with Crippen molar-refractivity contribution in [2.75, 3.05) is 5.32 Å². The van der Waals surface area contributed by atoms with Crippen molar-refractivity contribution in [3.05, 3.63) is 98.3 Å². The van der Waals surface area contributed by atoms with Gasteiger partial charge in [0.1, 0.15) is 22.4 Å². The van der Waals surface area contributed by atoms with Gasteiger partial charge in [0.2, 0.25) is 0 Å². The number of aromatic carboxylic acids is 1. The van der Waals surface area contributed by atoms with E-state index in [1.807, 2.05) is 0 Å². The van der Waals surface area contributed by atoms with Gasteiger partial charge in [0.25, 0.3) is 5.91 Å². The zero-order valence-corrected chi connectivity index (χ0v) is 20.0. The van der Waals surface area contributed by atoms with E-state index in [1.54, 1.807) is 36.6 Å². The van der Waals surface area contributed by atoms with E-state index in [4.69, 9.17) is 16.3 Å². The molecule has 0 aliphatic heterocycles. The van der Waals surface area contributed by atoms with Crippen LogP contribution in [-0.2, 0) is 16.0 Å². The summed E-state index contributed by atoms with van der Waals surface area (Å²) in [6.45, 7) is 3.20. The lowest BCUT2D eigenvalue weighted by atomic mass is 10.0. The Bertz CT molecular complexity index is 1230. The Morgan fingerprint density at radius 3 is 2.62 bits per heavy atom. The number of thiophene rings is 1. The van der Waals surface area contributed by atoms with Gasteiger partial charge in [-0.2, -0.15) is 0 Å². The molecule has 2 N–H and O–H groups in total. The number of carboxylic acids is 1. The maximum Gasteiger partial charge on any atom is 0.339 e. The number of nitrogens with one attached hydrogen (secondary N) is 1. The van der Waals surface area contributed by atoms with Crippen LogP contribution >= 0.6 is 22.9 Å². The fourth-order valence-corrected chi connectivity index (χ4v) is 4.28. The Morgan fingerprint density at radius 2 is 1.97 bits per heavy atom. The van der Waals surface area contributed by atoms with Crippen molar-refractivity contribution < 1.29 is 28.2 Å². The fraction of sp³-hybridized carbons (Fsp3) is 0.200. The number of anilines is 1. The molecule has 2 aromatic rings.